The predicted molar refractivity (Wildman–Crippen MR) is 85.5 cm³/mol. The Hall–Kier alpha value is -1.34. The number of hydrogen-bond donors (Lipinski definition) is 0. The first-order valence-electron chi connectivity index (χ1n) is 7.14. The van der Waals surface area contributed by atoms with E-state index >= 15 is 0 Å². The van der Waals surface area contributed by atoms with Gasteiger partial charge in [0.2, 0.25) is 0 Å². The highest BCUT2D eigenvalue weighted by Crippen LogP contribution is 2.22. The van der Waals surface area contributed by atoms with Crippen molar-refractivity contribution in [1.29, 1.82) is 0 Å². The van der Waals surface area contributed by atoms with Gasteiger partial charge >= 0.3 is 0 Å². The van der Waals surface area contributed by atoms with Crippen LogP contribution in [0.5, 0.6) is 0 Å². The van der Waals surface area contributed by atoms with Crippen molar-refractivity contribution in [3.8, 4) is 0 Å². The molecule has 5 nitrogen and oxygen atoms in total. The number of thiazole rings is 1. The number of amides is 1. The lowest BCUT2D eigenvalue weighted by atomic mass is 10.1. The van der Waals surface area contributed by atoms with Crippen LogP contribution in [0.4, 0.5) is 0 Å². The summed E-state index contributed by atoms with van der Waals surface area (Å²) in [6.45, 7) is 3.47. The number of likely N-dealkylation sites (tertiary alicyclic amines) is 1. The van der Waals surface area contributed by atoms with Crippen LogP contribution in [-0.4, -0.2) is 39.0 Å². The summed E-state index contributed by atoms with van der Waals surface area (Å²) >= 11 is 2.87. The fraction of sp³-hybridized carbons (Fsp3) is 0.500. The Balaban J connectivity index is 2.09. The van der Waals surface area contributed by atoms with E-state index in [1.54, 1.807) is 11.1 Å². The van der Waals surface area contributed by atoms with Crippen molar-refractivity contribution in [2.24, 2.45) is 0 Å². The number of rotatable bonds is 3. The monoisotopic (exact) mass is 323 g/mol. The molecule has 1 aliphatic rings. The number of piperidine rings is 1. The van der Waals surface area contributed by atoms with Gasteiger partial charge in [0, 0.05) is 24.7 Å². The molecule has 3 rings (SSSR count). The lowest BCUT2D eigenvalue weighted by molar-refractivity contribution is 0.0718. The van der Waals surface area contributed by atoms with Crippen LogP contribution >= 0.6 is 23.1 Å². The predicted octanol–water partition coefficient (Wildman–Crippen LogP) is 2.49. The van der Waals surface area contributed by atoms with E-state index in [0.29, 0.717) is 9.99 Å². The molecular weight excluding hydrogens is 306 g/mol. The molecule has 0 N–H and O–H groups in total. The van der Waals surface area contributed by atoms with Gasteiger partial charge in [0.05, 0.1) is 0 Å². The maximum Gasteiger partial charge on any atom is 0.272 e. The van der Waals surface area contributed by atoms with Crippen LogP contribution in [0.1, 0.15) is 36.5 Å². The van der Waals surface area contributed by atoms with E-state index in [4.69, 9.17) is 0 Å². The maximum absolute atomic E-state index is 12.7. The minimum absolute atomic E-state index is 0.163. The molecule has 0 unspecified atom stereocenters. The number of carbonyl (C=O) groups is 1. The van der Waals surface area contributed by atoms with Gasteiger partial charge in [-0.3, -0.25) is 14.0 Å². The highest BCUT2D eigenvalue weighted by atomic mass is 32.2. The van der Waals surface area contributed by atoms with Crippen molar-refractivity contribution in [2.75, 3.05) is 18.8 Å². The molecule has 1 fully saturated rings. The van der Waals surface area contributed by atoms with E-state index in [1.807, 2.05) is 12.3 Å². The van der Waals surface area contributed by atoms with E-state index in [-0.39, 0.29) is 17.0 Å². The van der Waals surface area contributed by atoms with Gasteiger partial charge in [-0.25, -0.2) is 4.98 Å². The van der Waals surface area contributed by atoms with Crippen LogP contribution in [0.25, 0.3) is 4.96 Å². The summed E-state index contributed by atoms with van der Waals surface area (Å²) in [7, 11) is 0. The smallest absolute Gasteiger partial charge is 0.272 e. The number of fused-ring (bicyclic) bond motifs is 1. The Morgan fingerprint density at radius 3 is 2.86 bits per heavy atom. The van der Waals surface area contributed by atoms with E-state index in [0.717, 1.165) is 38.1 Å². The van der Waals surface area contributed by atoms with Gasteiger partial charge in [-0.15, -0.1) is 23.1 Å². The summed E-state index contributed by atoms with van der Waals surface area (Å²) in [6.07, 6.45) is 4.86. The van der Waals surface area contributed by atoms with Crippen LogP contribution in [0.15, 0.2) is 21.4 Å². The Morgan fingerprint density at radius 2 is 2.14 bits per heavy atom. The highest BCUT2D eigenvalue weighted by Gasteiger charge is 2.26. The average Bonchev–Trinajstić information content (AvgIpc) is 2.97. The van der Waals surface area contributed by atoms with Crippen molar-refractivity contribution in [3.05, 3.63) is 27.5 Å². The quantitative estimate of drug-likeness (QED) is 0.643. The summed E-state index contributed by atoms with van der Waals surface area (Å²) < 4.78 is 1.47. The first kappa shape index (κ1) is 14.6. The van der Waals surface area contributed by atoms with Crippen LogP contribution in [0, 0.1) is 0 Å². The second-order valence-corrected chi connectivity index (χ2v) is 7.06. The SMILES string of the molecule is CCSc1nc2sccn2c(=O)c1C(=O)N1CCCCC1. The average molecular weight is 323 g/mol. The molecule has 0 radical (unpaired) electrons. The molecular formula is C14H17N3O2S2. The second kappa shape index (κ2) is 6.19. The lowest BCUT2D eigenvalue weighted by Gasteiger charge is -2.26. The highest BCUT2D eigenvalue weighted by molar-refractivity contribution is 7.99. The standard InChI is InChI=1S/C14H17N3O2S2/c1-2-20-11-10(12(18)16-6-4-3-5-7-16)13(19)17-8-9-21-14(17)15-11/h8-9H,2-7H2,1H3. The molecule has 0 aromatic carbocycles. The van der Waals surface area contributed by atoms with Gasteiger partial charge in [-0.05, 0) is 25.0 Å². The molecule has 2 aromatic rings. The minimum Gasteiger partial charge on any atom is -0.338 e. The normalized spacial score (nSPS) is 15.6. The molecule has 1 aliphatic heterocycles. The van der Waals surface area contributed by atoms with Crippen molar-refractivity contribution in [3.63, 3.8) is 0 Å². The second-order valence-electron chi connectivity index (χ2n) is 4.94. The van der Waals surface area contributed by atoms with Crippen LogP contribution in [-0.2, 0) is 0 Å². The van der Waals surface area contributed by atoms with Gasteiger partial charge in [0.1, 0.15) is 10.6 Å². The van der Waals surface area contributed by atoms with Crippen molar-refractivity contribution < 1.29 is 4.79 Å². The van der Waals surface area contributed by atoms with E-state index in [9.17, 15) is 9.59 Å². The topological polar surface area (TPSA) is 54.7 Å². The zero-order valence-corrected chi connectivity index (χ0v) is 13.5. The third kappa shape index (κ3) is 2.72. The van der Waals surface area contributed by atoms with E-state index in [1.165, 1.54) is 27.5 Å². The minimum atomic E-state index is -0.243. The number of hydrogen-bond acceptors (Lipinski definition) is 5. The Bertz CT molecular complexity index is 717. The van der Waals surface area contributed by atoms with Gasteiger partial charge < -0.3 is 4.90 Å². The summed E-state index contributed by atoms with van der Waals surface area (Å²) in [4.78, 5) is 32.3. The lowest BCUT2D eigenvalue weighted by Crippen LogP contribution is -2.39. The fourth-order valence-electron chi connectivity index (χ4n) is 2.54. The summed E-state index contributed by atoms with van der Waals surface area (Å²) in [5.41, 5.74) is -0.00702. The molecule has 1 amide bonds. The Kier molecular flexibility index (Phi) is 4.30. The zero-order chi connectivity index (χ0) is 14.8. The third-order valence-corrected chi connectivity index (χ3v) is 5.19. The van der Waals surface area contributed by atoms with Gasteiger partial charge in [0.25, 0.3) is 11.5 Å². The van der Waals surface area contributed by atoms with Gasteiger partial charge in [-0.1, -0.05) is 6.92 Å². The number of nitrogens with zero attached hydrogens (tertiary/aromatic N) is 3. The van der Waals surface area contributed by atoms with Crippen molar-refractivity contribution >= 4 is 34.0 Å². The van der Waals surface area contributed by atoms with E-state index < -0.39 is 0 Å². The fourth-order valence-corrected chi connectivity index (χ4v) is 4.05. The molecule has 0 spiro atoms. The molecule has 0 aliphatic carbocycles. The van der Waals surface area contributed by atoms with Crippen LogP contribution < -0.4 is 5.56 Å². The molecule has 0 saturated carbocycles. The summed E-state index contributed by atoms with van der Waals surface area (Å²) in [5, 5.41) is 2.39. The molecule has 0 atom stereocenters. The first-order chi connectivity index (χ1) is 10.2. The molecule has 0 bridgehead atoms. The largest absolute Gasteiger partial charge is 0.338 e. The molecule has 7 heteroatoms. The van der Waals surface area contributed by atoms with Crippen LogP contribution in [0.2, 0.25) is 0 Å². The number of carbonyl (C=O) groups excluding carboxylic acids is 1. The van der Waals surface area contributed by atoms with Gasteiger partial charge in [-0.2, -0.15) is 0 Å². The summed E-state index contributed by atoms with van der Waals surface area (Å²) in [6, 6.07) is 0. The molecule has 1 saturated heterocycles. The first-order valence-corrected chi connectivity index (χ1v) is 9.01. The summed E-state index contributed by atoms with van der Waals surface area (Å²) in [5.74, 6) is 0.623. The number of aromatic nitrogens is 2. The third-order valence-electron chi connectivity index (χ3n) is 3.57. The molecule has 2 aromatic heterocycles. The maximum atomic E-state index is 12.7. The van der Waals surface area contributed by atoms with Crippen molar-refractivity contribution in [1.82, 2.24) is 14.3 Å². The molecule has 3 heterocycles. The molecule has 112 valence electrons. The zero-order valence-electron chi connectivity index (χ0n) is 11.9. The van der Waals surface area contributed by atoms with Gasteiger partial charge in [0.15, 0.2) is 4.96 Å². The number of thioether (sulfide) groups is 1. The van der Waals surface area contributed by atoms with Crippen molar-refractivity contribution in [2.45, 2.75) is 31.2 Å². The Morgan fingerprint density at radius 1 is 1.38 bits per heavy atom. The Labute approximate surface area is 131 Å². The van der Waals surface area contributed by atoms with Crippen LogP contribution in [0.3, 0.4) is 0 Å². The van der Waals surface area contributed by atoms with E-state index in [2.05, 4.69) is 4.98 Å². The molecule has 21 heavy (non-hydrogen) atoms.